The summed E-state index contributed by atoms with van der Waals surface area (Å²) in [5.41, 5.74) is 6.10. The lowest BCUT2D eigenvalue weighted by molar-refractivity contribution is -0.148. The van der Waals surface area contributed by atoms with Gasteiger partial charge in [-0.15, -0.1) is 0 Å². The highest BCUT2D eigenvalue weighted by molar-refractivity contribution is 7.59. The Kier molecular flexibility index (Phi) is 60.8. The fraction of sp³-hybridized carbons (Fsp3) is 0.742. The molecule has 0 spiro atoms. The number of hydrogen-bond acceptors (Lipinski definition) is 14. The van der Waals surface area contributed by atoms with Gasteiger partial charge >= 0.3 is 11.9 Å². The molecule has 20 nitrogen and oxygen atoms in total. The van der Waals surface area contributed by atoms with Crippen molar-refractivity contribution in [2.24, 2.45) is 11.7 Å². The SMILES string of the molecule is CCCCCCCCCCCCCCOCC(CNC(=O)CC[C@H](NC(=O)CCOCCOCCCC(=O)/C=C/C(=O)N(CC(N)=O)CC(=O)[C@H](C)NC(=O)[C@H](C)CC(=O)OCc1ccccc1)C(=O)O)OCCCCCCCCCCCCCC.S.S.S. The van der Waals surface area contributed by atoms with Gasteiger partial charge in [-0.2, -0.15) is 40.5 Å². The second-order valence-electron chi connectivity index (χ2n) is 22.6. The lowest BCUT2D eigenvalue weighted by atomic mass is 10.1. The van der Waals surface area contributed by atoms with Crippen molar-refractivity contribution in [3.63, 3.8) is 0 Å². The number of esters is 1. The first-order valence-corrected chi connectivity index (χ1v) is 32.5. The van der Waals surface area contributed by atoms with Crippen LogP contribution in [0.1, 0.15) is 226 Å². The zero-order chi connectivity index (χ0) is 63.3. The molecule has 0 aliphatic heterocycles. The number of carboxylic acids is 1. The number of primary amides is 1. The molecule has 0 aliphatic carbocycles. The first-order valence-electron chi connectivity index (χ1n) is 32.5. The number of benzene rings is 1. The van der Waals surface area contributed by atoms with Gasteiger partial charge in [0, 0.05) is 57.6 Å². The van der Waals surface area contributed by atoms with E-state index in [0.717, 1.165) is 48.3 Å². The number of nitrogens with two attached hydrogens (primary N) is 1. The number of Topliss-reactive ketones (excluding diaryl/α,β-unsaturated/α-hetero) is 1. The third-order valence-corrected chi connectivity index (χ3v) is 14.6. The number of nitrogens with one attached hydrogen (secondary N) is 3. The van der Waals surface area contributed by atoms with Crippen molar-refractivity contribution in [1.82, 2.24) is 20.9 Å². The number of nitrogens with zero attached hydrogens (tertiary/aromatic N) is 1. The molecule has 89 heavy (non-hydrogen) atoms. The lowest BCUT2D eigenvalue weighted by Gasteiger charge is -2.22. The average Bonchev–Trinajstić information content (AvgIpc) is 3.70. The van der Waals surface area contributed by atoms with E-state index in [-0.39, 0.29) is 124 Å². The van der Waals surface area contributed by atoms with Crippen molar-refractivity contribution in [3.05, 3.63) is 48.0 Å². The van der Waals surface area contributed by atoms with Crippen molar-refractivity contribution in [2.75, 3.05) is 65.9 Å². The van der Waals surface area contributed by atoms with E-state index >= 15 is 0 Å². The first-order chi connectivity index (χ1) is 41.6. The van der Waals surface area contributed by atoms with Crippen LogP contribution in [0.3, 0.4) is 0 Å². The van der Waals surface area contributed by atoms with Crippen LogP contribution >= 0.6 is 40.5 Å². The Bertz CT molecular complexity index is 2060. The minimum absolute atomic E-state index is 0. The summed E-state index contributed by atoms with van der Waals surface area (Å²) in [7, 11) is 0. The molecule has 1 unspecified atom stereocenters. The first kappa shape index (κ1) is 88.7. The van der Waals surface area contributed by atoms with Crippen LogP contribution in [0.5, 0.6) is 0 Å². The van der Waals surface area contributed by atoms with Gasteiger partial charge in [0.2, 0.25) is 29.5 Å². The van der Waals surface area contributed by atoms with Crippen molar-refractivity contribution in [1.29, 1.82) is 0 Å². The molecule has 6 N–H and O–H groups in total. The second-order valence-corrected chi connectivity index (χ2v) is 22.6. The standard InChI is InChI=1S/C66H111N5O15.3H2S/c1-5-7-9-11-13-15-17-19-21-23-25-30-41-84-52-57(85-43-31-26-24-22-20-18-16-14-12-10-8-6-2)48-68-61(75)38-37-58(66(80)81)70-62(76)40-44-83-46-45-82-42-32-35-56(72)36-39-63(77)71(50-60(67)74)49-59(73)54(4)69-65(79)53(3)47-64(78)86-51-55-33-28-27-29-34-55;;;/h27-29,33-34,36,39,53-54,57-58H,5-26,30-32,35,37-38,40-52H2,1-4H3,(H2,67,74)(H,68,75)(H,69,79)(H,70,76)(H,80,81);3*1H2/b39-36+;;;/t53-,54+,57?,58+;;;/m1.../s1. The summed E-state index contributed by atoms with van der Waals surface area (Å²) >= 11 is 0. The molecule has 0 aromatic heterocycles. The highest BCUT2D eigenvalue weighted by atomic mass is 32.1. The normalized spacial score (nSPS) is 12.3. The van der Waals surface area contributed by atoms with Gasteiger partial charge in [-0.25, -0.2) is 4.79 Å². The van der Waals surface area contributed by atoms with E-state index in [1.165, 1.54) is 142 Å². The molecule has 0 aliphatic rings. The summed E-state index contributed by atoms with van der Waals surface area (Å²) in [6, 6.07) is 6.66. The molecule has 5 amide bonds. The fourth-order valence-corrected chi connectivity index (χ4v) is 9.22. The van der Waals surface area contributed by atoms with Crippen molar-refractivity contribution in [3.8, 4) is 0 Å². The maximum atomic E-state index is 13.0. The quantitative estimate of drug-likeness (QED) is 0.0230. The third kappa shape index (κ3) is 52.8. The zero-order valence-electron chi connectivity index (χ0n) is 54.5. The number of carbonyl (C=O) groups is 9. The maximum absolute atomic E-state index is 13.0. The summed E-state index contributed by atoms with van der Waals surface area (Å²) in [6.07, 6.45) is 31.5. The van der Waals surface area contributed by atoms with Gasteiger partial charge in [0.25, 0.3) is 0 Å². The highest BCUT2D eigenvalue weighted by Gasteiger charge is 2.26. The number of ether oxygens (including phenoxy) is 5. The average molecular weight is 1320 g/mol. The highest BCUT2D eigenvalue weighted by Crippen LogP contribution is 2.15. The molecule has 514 valence electrons. The second kappa shape index (κ2) is 61.0. The van der Waals surface area contributed by atoms with E-state index in [4.69, 9.17) is 29.4 Å². The van der Waals surface area contributed by atoms with Gasteiger partial charge < -0.3 is 55.4 Å². The van der Waals surface area contributed by atoms with Gasteiger partial charge in [-0.05, 0) is 44.2 Å². The maximum Gasteiger partial charge on any atom is 0.326 e. The van der Waals surface area contributed by atoms with Crippen LogP contribution in [-0.4, -0.2) is 147 Å². The van der Waals surface area contributed by atoms with Gasteiger partial charge in [0.15, 0.2) is 11.6 Å². The predicted octanol–water partition coefficient (Wildman–Crippen LogP) is 10.1. The molecule has 0 saturated heterocycles. The number of hydrogen-bond donors (Lipinski definition) is 5. The van der Waals surface area contributed by atoms with Crippen LogP contribution in [0.25, 0.3) is 0 Å². The molecule has 1 aromatic rings. The summed E-state index contributed by atoms with van der Waals surface area (Å²) in [5, 5.41) is 17.7. The zero-order valence-corrected chi connectivity index (χ0v) is 57.5. The minimum Gasteiger partial charge on any atom is -0.480 e. The van der Waals surface area contributed by atoms with Crippen LogP contribution < -0.4 is 21.7 Å². The molecule has 23 heteroatoms. The number of allylic oxidation sites excluding steroid dienone is 1. The molecule has 0 fully saturated rings. The Balaban J connectivity index is -0.0000247. The number of amides is 5. The molecular weight excluding hydrogens is 1200 g/mol. The van der Waals surface area contributed by atoms with E-state index in [9.17, 15) is 48.3 Å². The number of rotatable bonds is 59. The Morgan fingerprint density at radius 2 is 1.09 bits per heavy atom. The van der Waals surface area contributed by atoms with Crippen LogP contribution in [-0.2, 0) is 73.4 Å². The molecule has 0 radical (unpaired) electrons. The van der Waals surface area contributed by atoms with E-state index in [1.807, 2.05) is 6.07 Å². The van der Waals surface area contributed by atoms with E-state index in [1.54, 1.807) is 24.3 Å². The van der Waals surface area contributed by atoms with Crippen LogP contribution in [0, 0.1) is 5.92 Å². The van der Waals surface area contributed by atoms with Gasteiger partial charge in [0.1, 0.15) is 19.2 Å². The Hall–Kier alpha value is -4.52. The van der Waals surface area contributed by atoms with Gasteiger partial charge in [-0.3, -0.25) is 38.4 Å². The van der Waals surface area contributed by atoms with Crippen LogP contribution in [0.15, 0.2) is 42.5 Å². The van der Waals surface area contributed by atoms with Crippen LogP contribution in [0.2, 0.25) is 0 Å². The molecule has 1 rings (SSSR count). The Labute approximate surface area is 554 Å². The third-order valence-electron chi connectivity index (χ3n) is 14.6. The molecular formula is C66H117N5O15S3. The summed E-state index contributed by atoms with van der Waals surface area (Å²) in [4.78, 5) is 114. The minimum atomic E-state index is -1.27. The lowest BCUT2D eigenvalue weighted by Crippen LogP contribution is -2.48. The van der Waals surface area contributed by atoms with Gasteiger partial charge in [0.05, 0.1) is 51.5 Å². The molecule has 0 bridgehead atoms. The number of carbonyl (C=O) groups excluding carboxylic acids is 8. The molecule has 0 saturated carbocycles. The number of unbranched alkanes of at least 4 members (excludes halogenated alkanes) is 22. The number of aliphatic carboxylic acids is 1. The Morgan fingerprint density at radius 1 is 0.573 bits per heavy atom. The molecule has 0 heterocycles. The van der Waals surface area contributed by atoms with E-state index < -0.39 is 78.2 Å². The van der Waals surface area contributed by atoms with Gasteiger partial charge in [-0.1, -0.05) is 192 Å². The Morgan fingerprint density at radius 3 is 1.63 bits per heavy atom. The molecule has 1 aromatic carbocycles. The fourth-order valence-electron chi connectivity index (χ4n) is 9.22. The number of carboxylic acid groups (broad SMARTS) is 1. The van der Waals surface area contributed by atoms with E-state index in [2.05, 4.69) is 29.8 Å². The number of ketones is 2. The van der Waals surface area contributed by atoms with Crippen molar-refractivity contribution < 1.29 is 71.9 Å². The summed E-state index contributed by atoms with van der Waals surface area (Å²) in [5.74, 6) is -6.95. The topological polar surface area (TPSA) is 285 Å². The molecule has 4 atom stereocenters. The summed E-state index contributed by atoms with van der Waals surface area (Å²) < 4.78 is 28.4. The monoisotopic (exact) mass is 1320 g/mol. The summed E-state index contributed by atoms with van der Waals surface area (Å²) in [6.45, 7) is 8.43. The van der Waals surface area contributed by atoms with E-state index in [0.29, 0.717) is 26.2 Å². The van der Waals surface area contributed by atoms with Crippen molar-refractivity contribution in [2.45, 2.75) is 245 Å². The van der Waals surface area contributed by atoms with Crippen molar-refractivity contribution >= 4 is 93.5 Å². The van der Waals surface area contributed by atoms with Crippen LogP contribution in [0.4, 0.5) is 0 Å². The largest absolute Gasteiger partial charge is 0.480 e. The smallest absolute Gasteiger partial charge is 0.326 e. The predicted molar refractivity (Wildman–Crippen MR) is 364 cm³/mol.